The molecule has 2 aromatic carbocycles. The minimum atomic E-state index is -1.35. The van der Waals surface area contributed by atoms with Gasteiger partial charge in [-0.15, -0.1) is 0 Å². The van der Waals surface area contributed by atoms with E-state index in [-0.39, 0.29) is 5.78 Å². The number of benzene rings is 2. The highest BCUT2D eigenvalue weighted by atomic mass is 79.9. The molecule has 2 aromatic rings. The molecule has 0 aliphatic carbocycles. The Hall–Kier alpha value is -1.48. The van der Waals surface area contributed by atoms with E-state index in [2.05, 4.69) is 15.9 Å². The third-order valence-corrected chi connectivity index (χ3v) is 3.84. The fourth-order valence-corrected chi connectivity index (χ4v) is 2.38. The summed E-state index contributed by atoms with van der Waals surface area (Å²) < 4.78 is 14.3. The lowest BCUT2D eigenvalue weighted by molar-refractivity contribution is 0.0960. The Morgan fingerprint density at radius 3 is 2.21 bits per heavy atom. The molecule has 0 N–H and O–H groups in total. The summed E-state index contributed by atoms with van der Waals surface area (Å²) in [6.45, 7) is 1.94. The second-order valence-electron chi connectivity index (χ2n) is 4.44. The van der Waals surface area contributed by atoms with Gasteiger partial charge in [0, 0.05) is 5.56 Å². The molecule has 0 spiro atoms. The Labute approximate surface area is 120 Å². The normalized spacial score (nSPS) is 13.8. The SMILES string of the molecule is Cc1ccc(C(F)C(Br)C(=O)c2ccccc2)cc1. The molecule has 0 saturated heterocycles. The van der Waals surface area contributed by atoms with Gasteiger partial charge in [0.05, 0.1) is 0 Å². The number of halogens is 2. The first kappa shape index (κ1) is 13.9. The molecule has 0 amide bonds. The summed E-state index contributed by atoms with van der Waals surface area (Å²) in [5.41, 5.74) is 2.09. The molecule has 0 aliphatic heterocycles. The van der Waals surface area contributed by atoms with Crippen molar-refractivity contribution in [3.63, 3.8) is 0 Å². The van der Waals surface area contributed by atoms with E-state index in [1.54, 1.807) is 36.4 Å². The highest BCUT2D eigenvalue weighted by Crippen LogP contribution is 2.29. The summed E-state index contributed by atoms with van der Waals surface area (Å²) in [6, 6.07) is 15.9. The third kappa shape index (κ3) is 3.29. The predicted molar refractivity (Wildman–Crippen MR) is 78.5 cm³/mol. The van der Waals surface area contributed by atoms with Gasteiger partial charge in [0.15, 0.2) is 5.78 Å². The number of hydrogen-bond acceptors (Lipinski definition) is 1. The third-order valence-electron chi connectivity index (χ3n) is 2.96. The smallest absolute Gasteiger partial charge is 0.179 e. The number of rotatable bonds is 4. The molecule has 0 aliphatic rings. The zero-order chi connectivity index (χ0) is 13.8. The van der Waals surface area contributed by atoms with Crippen molar-refractivity contribution in [2.24, 2.45) is 0 Å². The van der Waals surface area contributed by atoms with E-state index in [0.29, 0.717) is 11.1 Å². The number of alkyl halides is 2. The van der Waals surface area contributed by atoms with Crippen molar-refractivity contribution in [2.45, 2.75) is 17.9 Å². The van der Waals surface area contributed by atoms with E-state index in [0.717, 1.165) is 5.56 Å². The molecule has 0 fully saturated rings. The maximum atomic E-state index is 14.3. The van der Waals surface area contributed by atoms with Crippen LogP contribution in [-0.2, 0) is 0 Å². The molecule has 98 valence electrons. The topological polar surface area (TPSA) is 17.1 Å². The van der Waals surface area contributed by atoms with E-state index in [1.165, 1.54) is 0 Å². The fourth-order valence-electron chi connectivity index (χ4n) is 1.81. The van der Waals surface area contributed by atoms with E-state index in [1.807, 2.05) is 25.1 Å². The van der Waals surface area contributed by atoms with Crippen LogP contribution in [-0.4, -0.2) is 10.6 Å². The number of hydrogen-bond donors (Lipinski definition) is 0. The summed E-state index contributed by atoms with van der Waals surface area (Å²) in [5.74, 6) is -0.242. The Kier molecular flexibility index (Phi) is 4.48. The van der Waals surface area contributed by atoms with Crippen molar-refractivity contribution in [1.29, 1.82) is 0 Å². The number of Topliss-reactive ketones (excluding diaryl/α,β-unsaturated/α-hetero) is 1. The molecule has 2 rings (SSSR count). The molecule has 0 bridgehead atoms. The molecule has 19 heavy (non-hydrogen) atoms. The van der Waals surface area contributed by atoms with Crippen molar-refractivity contribution < 1.29 is 9.18 Å². The second kappa shape index (κ2) is 6.11. The van der Waals surface area contributed by atoms with Gasteiger partial charge in [-0.2, -0.15) is 0 Å². The van der Waals surface area contributed by atoms with Crippen molar-refractivity contribution >= 4 is 21.7 Å². The van der Waals surface area contributed by atoms with Crippen molar-refractivity contribution in [3.8, 4) is 0 Å². The summed E-state index contributed by atoms with van der Waals surface area (Å²) in [5, 5.41) is 0. The maximum Gasteiger partial charge on any atom is 0.179 e. The number of carbonyl (C=O) groups is 1. The van der Waals surface area contributed by atoms with Crippen LogP contribution in [0.2, 0.25) is 0 Å². The average molecular weight is 321 g/mol. The van der Waals surface area contributed by atoms with Gasteiger partial charge < -0.3 is 0 Å². The van der Waals surface area contributed by atoms with Crippen LogP contribution in [0.15, 0.2) is 54.6 Å². The molecule has 0 radical (unpaired) electrons. The van der Waals surface area contributed by atoms with Gasteiger partial charge in [-0.1, -0.05) is 76.1 Å². The van der Waals surface area contributed by atoms with Crippen LogP contribution in [0, 0.1) is 6.92 Å². The van der Waals surface area contributed by atoms with Crippen molar-refractivity contribution in [2.75, 3.05) is 0 Å². The van der Waals surface area contributed by atoms with E-state index < -0.39 is 11.0 Å². The van der Waals surface area contributed by atoms with Gasteiger partial charge in [-0.05, 0) is 12.5 Å². The van der Waals surface area contributed by atoms with Gasteiger partial charge >= 0.3 is 0 Å². The lowest BCUT2D eigenvalue weighted by Gasteiger charge is -2.14. The van der Waals surface area contributed by atoms with Crippen LogP contribution in [0.25, 0.3) is 0 Å². The van der Waals surface area contributed by atoms with E-state index >= 15 is 0 Å². The monoisotopic (exact) mass is 320 g/mol. The molecule has 0 aromatic heterocycles. The molecule has 0 heterocycles. The highest BCUT2D eigenvalue weighted by molar-refractivity contribution is 9.10. The van der Waals surface area contributed by atoms with Crippen molar-refractivity contribution in [1.82, 2.24) is 0 Å². The quantitative estimate of drug-likeness (QED) is 0.592. The molecule has 0 saturated carbocycles. The van der Waals surface area contributed by atoms with Crippen LogP contribution in [0.4, 0.5) is 4.39 Å². The first-order valence-electron chi connectivity index (χ1n) is 6.03. The first-order valence-corrected chi connectivity index (χ1v) is 6.95. The minimum Gasteiger partial charge on any atom is -0.293 e. The second-order valence-corrected chi connectivity index (χ2v) is 5.43. The average Bonchev–Trinajstić information content (AvgIpc) is 2.46. The molecule has 2 atom stereocenters. The summed E-state index contributed by atoms with van der Waals surface area (Å²) in [7, 11) is 0. The number of aryl methyl sites for hydroxylation is 1. The number of carbonyl (C=O) groups excluding carboxylic acids is 1. The molecule has 1 nitrogen and oxygen atoms in total. The van der Waals surface area contributed by atoms with Gasteiger partial charge in [0.1, 0.15) is 11.0 Å². The summed E-state index contributed by atoms with van der Waals surface area (Å²) in [6.07, 6.45) is -1.35. The fraction of sp³-hybridized carbons (Fsp3) is 0.188. The zero-order valence-electron chi connectivity index (χ0n) is 10.5. The zero-order valence-corrected chi connectivity index (χ0v) is 12.1. The van der Waals surface area contributed by atoms with E-state index in [9.17, 15) is 9.18 Å². The highest BCUT2D eigenvalue weighted by Gasteiger charge is 2.27. The maximum absolute atomic E-state index is 14.3. The van der Waals surface area contributed by atoms with Gasteiger partial charge in [-0.3, -0.25) is 4.79 Å². The van der Waals surface area contributed by atoms with Crippen molar-refractivity contribution in [3.05, 3.63) is 71.3 Å². The standard InChI is InChI=1S/C16H14BrFO/c1-11-7-9-12(10-8-11)15(18)14(17)16(19)13-5-3-2-4-6-13/h2-10,14-15H,1H3. The molecular weight excluding hydrogens is 307 g/mol. The van der Waals surface area contributed by atoms with Crippen LogP contribution in [0.5, 0.6) is 0 Å². The minimum absolute atomic E-state index is 0.242. The molecular formula is C16H14BrFO. The Bertz CT molecular complexity index is 551. The lowest BCUT2D eigenvalue weighted by Crippen LogP contribution is -2.20. The molecule has 2 unspecified atom stereocenters. The van der Waals surface area contributed by atoms with Crippen LogP contribution >= 0.6 is 15.9 Å². The Morgan fingerprint density at radius 2 is 1.63 bits per heavy atom. The van der Waals surface area contributed by atoms with Crippen LogP contribution < -0.4 is 0 Å². The lowest BCUT2D eigenvalue weighted by atomic mass is 10.0. The Morgan fingerprint density at radius 1 is 1.05 bits per heavy atom. The van der Waals surface area contributed by atoms with Crippen LogP contribution in [0.1, 0.15) is 27.7 Å². The van der Waals surface area contributed by atoms with E-state index in [4.69, 9.17) is 0 Å². The van der Waals surface area contributed by atoms with Gasteiger partial charge in [-0.25, -0.2) is 4.39 Å². The largest absolute Gasteiger partial charge is 0.293 e. The Balaban J connectivity index is 2.17. The van der Waals surface area contributed by atoms with Gasteiger partial charge in [0.2, 0.25) is 0 Å². The van der Waals surface area contributed by atoms with Crippen LogP contribution in [0.3, 0.4) is 0 Å². The first-order chi connectivity index (χ1) is 9.09. The summed E-state index contributed by atoms with van der Waals surface area (Å²) in [4.78, 5) is 11.3. The summed E-state index contributed by atoms with van der Waals surface area (Å²) >= 11 is 3.18. The predicted octanol–water partition coefficient (Wildman–Crippen LogP) is 4.65. The number of ketones is 1. The molecule has 3 heteroatoms. The van der Waals surface area contributed by atoms with Gasteiger partial charge in [0.25, 0.3) is 0 Å².